The van der Waals surface area contributed by atoms with Crippen molar-refractivity contribution in [2.75, 3.05) is 27.9 Å². The molecular weight excluding hydrogens is 278 g/mol. The first-order valence-corrected chi connectivity index (χ1v) is 6.44. The first kappa shape index (κ1) is 16.0. The van der Waals surface area contributed by atoms with Crippen molar-refractivity contribution in [3.8, 4) is 17.2 Å². The van der Waals surface area contributed by atoms with Crippen molar-refractivity contribution in [3.63, 3.8) is 0 Å². The maximum Gasteiger partial charge on any atom is 0.203 e. The number of benzene rings is 1. The minimum atomic E-state index is 0.461. The number of hydrogen-bond acceptors (Lipinski definition) is 5. The molecule has 0 aliphatic rings. The zero-order chi connectivity index (χ0) is 15.0. The number of methoxy groups -OCH3 is 3. The highest BCUT2D eigenvalue weighted by atomic mass is 32.1. The molecule has 0 aromatic heterocycles. The molecule has 0 amide bonds. The highest BCUT2D eigenvalue weighted by Crippen LogP contribution is 2.38. The van der Waals surface area contributed by atoms with Crippen LogP contribution in [0.5, 0.6) is 17.2 Å². The molecule has 0 heterocycles. The predicted octanol–water partition coefficient (Wildman–Crippen LogP) is 1.53. The minimum Gasteiger partial charge on any atom is -0.493 e. The molecule has 0 saturated carbocycles. The molecule has 0 fully saturated rings. The number of nitrogens with zero attached hydrogens (tertiary/aromatic N) is 1. The van der Waals surface area contributed by atoms with Crippen LogP contribution >= 0.6 is 12.2 Å². The second-order valence-electron chi connectivity index (χ2n) is 3.65. The van der Waals surface area contributed by atoms with Gasteiger partial charge >= 0.3 is 0 Å². The fourth-order valence-electron chi connectivity index (χ4n) is 1.59. The highest BCUT2D eigenvalue weighted by molar-refractivity contribution is 7.80. The predicted molar refractivity (Wildman–Crippen MR) is 83.1 cm³/mol. The molecule has 1 rings (SSSR count). The largest absolute Gasteiger partial charge is 0.493 e. The summed E-state index contributed by atoms with van der Waals surface area (Å²) < 4.78 is 15.8. The van der Waals surface area contributed by atoms with E-state index in [0.29, 0.717) is 22.4 Å². The third kappa shape index (κ3) is 3.99. The van der Waals surface area contributed by atoms with Crippen molar-refractivity contribution in [3.05, 3.63) is 17.7 Å². The molecule has 7 heteroatoms. The van der Waals surface area contributed by atoms with Gasteiger partial charge in [0.25, 0.3) is 0 Å². The Labute approximate surface area is 124 Å². The zero-order valence-corrected chi connectivity index (χ0v) is 12.8. The Bertz CT molecular complexity index is 492. The molecule has 0 aliphatic carbocycles. The van der Waals surface area contributed by atoms with Crippen LogP contribution in [0.3, 0.4) is 0 Å². The first-order chi connectivity index (χ1) is 9.67. The maximum absolute atomic E-state index is 5.34. The second kappa shape index (κ2) is 8.21. The van der Waals surface area contributed by atoms with E-state index in [-0.39, 0.29) is 0 Å². The molecule has 2 N–H and O–H groups in total. The summed E-state index contributed by atoms with van der Waals surface area (Å²) in [7, 11) is 4.69. The average Bonchev–Trinajstić information content (AvgIpc) is 2.46. The summed E-state index contributed by atoms with van der Waals surface area (Å²) in [6.45, 7) is 2.69. The van der Waals surface area contributed by atoms with E-state index < -0.39 is 0 Å². The van der Waals surface area contributed by atoms with Crippen LogP contribution in [0.15, 0.2) is 17.2 Å². The summed E-state index contributed by atoms with van der Waals surface area (Å²) in [5.41, 5.74) is 3.46. The molecule has 0 unspecified atom stereocenters. The van der Waals surface area contributed by atoms with E-state index >= 15 is 0 Å². The lowest BCUT2D eigenvalue weighted by Crippen LogP contribution is -2.31. The Hall–Kier alpha value is -2.02. The third-order valence-corrected chi connectivity index (χ3v) is 2.68. The quantitative estimate of drug-likeness (QED) is 0.472. The molecule has 0 bridgehead atoms. The summed E-state index contributed by atoms with van der Waals surface area (Å²) in [6.07, 6.45) is 1.60. The van der Waals surface area contributed by atoms with Crippen LogP contribution in [-0.4, -0.2) is 39.2 Å². The van der Waals surface area contributed by atoms with Crippen LogP contribution in [0.25, 0.3) is 0 Å². The number of hydrazone groups is 1. The van der Waals surface area contributed by atoms with Gasteiger partial charge in [-0.05, 0) is 31.3 Å². The first-order valence-electron chi connectivity index (χ1n) is 6.03. The minimum absolute atomic E-state index is 0.461. The Balaban J connectivity index is 2.95. The number of rotatable bonds is 6. The van der Waals surface area contributed by atoms with Gasteiger partial charge in [-0.2, -0.15) is 5.10 Å². The molecule has 0 saturated heterocycles. The van der Waals surface area contributed by atoms with Gasteiger partial charge in [-0.3, -0.25) is 5.43 Å². The lowest BCUT2D eigenvalue weighted by atomic mass is 10.2. The fraction of sp³-hybridized carbons (Fsp3) is 0.385. The molecular formula is C13H19N3O3S. The fourth-order valence-corrected chi connectivity index (χ4v) is 1.78. The second-order valence-corrected chi connectivity index (χ2v) is 4.06. The molecule has 110 valence electrons. The van der Waals surface area contributed by atoms with Gasteiger partial charge in [0.2, 0.25) is 5.75 Å². The van der Waals surface area contributed by atoms with Crippen molar-refractivity contribution in [2.45, 2.75) is 6.92 Å². The van der Waals surface area contributed by atoms with E-state index in [1.165, 1.54) is 0 Å². The lowest BCUT2D eigenvalue weighted by molar-refractivity contribution is 0.324. The van der Waals surface area contributed by atoms with E-state index in [9.17, 15) is 0 Å². The molecule has 1 aromatic rings. The highest BCUT2D eigenvalue weighted by Gasteiger charge is 2.14. The van der Waals surface area contributed by atoms with Gasteiger partial charge in [0.05, 0.1) is 27.5 Å². The van der Waals surface area contributed by atoms with Gasteiger partial charge in [0.1, 0.15) is 0 Å². The number of ether oxygens (including phenoxy) is 3. The Morgan fingerprint density at radius 3 is 2.45 bits per heavy atom. The lowest BCUT2D eigenvalue weighted by Gasteiger charge is -2.13. The van der Waals surface area contributed by atoms with Crippen molar-refractivity contribution in [2.24, 2.45) is 5.10 Å². The van der Waals surface area contributed by atoms with Gasteiger partial charge in [0, 0.05) is 12.1 Å². The normalized spacial score (nSPS) is 10.2. The van der Waals surface area contributed by atoms with Crippen LogP contribution < -0.4 is 25.0 Å². The maximum atomic E-state index is 5.34. The molecule has 0 spiro atoms. The van der Waals surface area contributed by atoms with Crippen LogP contribution in [0.2, 0.25) is 0 Å². The van der Waals surface area contributed by atoms with E-state index in [1.54, 1.807) is 33.6 Å². The molecule has 20 heavy (non-hydrogen) atoms. The SMILES string of the molecule is CCNC(=S)N/N=C/c1ccc(OC)c(OC)c1OC. The van der Waals surface area contributed by atoms with Crippen LogP contribution in [-0.2, 0) is 0 Å². The topological polar surface area (TPSA) is 64.1 Å². The summed E-state index contributed by atoms with van der Waals surface area (Å²) >= 11 is 5.01. The van der Waals surface area contributed by atoms with E-state index in [4.69, 9.17) is 26.4 Å². The molecule has 0 aliphatic heterocycles. The third-order valence-electron chi connectivity index (χ3n) is 2.44. The van der Waals surface area contributed by atoms with Crippen LogP contribution in [0.4, 0.5) is 0 Å². The van der Waals surface area contributed by atoms with Crippen LogP contribution in [0.1, 0.15) is 12.5 Å². The Morgan fingerprint density at radius 1 is 1.20 bits per heavy atom. The van der Waals surface area contributed by atoms with Gasteiger partial charge in [0.15, 0.2) is 16.6 Å². The number of nitrogens with one attached hydrogen (secondary N) is 2. The Kier molecular flexibility index (Phi) is 6.58. The van der Waals surface area contributed by atoms with Crippen LogP contribution in [0, 0.1) is 0 Å². The molecule has 0 radical (unpaired) electrons. The smallest absolute Gasteiger partial charge is 0.203 e. The summed E-state index contributed by atoms with van der Waals surface area (Å²) in [6, 6.07) is 3.60. The summed E-state index contributed by atoms with van der Waals surface area (Å²) in [5, 5.41) is 7.44. The van der Waals surface area contributed by atoms with Crippen molar-refractivity contribution in [1.82, 2.24) is 10.7 Å². The summed E-state index contributed by atoms with van der Waals surface area (Å²) in [5.74, 6) is 1.66. The molecule has 1 aromatic carbocycles. The molecule has 6 nitrogen and oxygen atoms in total. The van der Waals surface area contributed by atoms with Crippen molar-refractivity contribution >= 4 is 23.5 Å². The van der Waals surface area contributed by atoms with E-state index in [1.807, 2.05) is 13.0 Å². The van der Waals surface area contributed by atoms with Gasteiger partial charge in [-0.1, -0.05) is 0 Å². The number of hydrogen-bond donors (Lipinski definition) is 2. The zero-order valence-electron chi connectivity index (χ0n) is 12.0. The average molecular weight is 297 g/mol. The van der Waals surface area contributed by atoms with Gasteiger partial charge in [-0.15, -0.1) is 0 Å². The standard InChI is InChI=1S/C13H19N3O3S/c1-5-14-13(20)16-15-8-9-6-7-10(17-2)12(19-4)11(9)18-3/h6-8H,5H2,1-4H3,(H2,14,16,20)/b15-8+. The van der Waals surface area contributed by atoms with E-state index in [2.05, 4.69) is 15.8 Å². The van der Waals surface area contributed by atoms with Crippen molar-refractivity contribution < 1.29 is 14.2 Å². The molecule has 0 atom stereocenters. The monoisotopic (exact) mass is 297 g/mol. The van der Waals surface area contributed by atoms with E-state index in [0.717, 1.165) is 12.1 Å². The van der Waals surface area contributed by atoms with Crippen molar-refractivity contribution in [1.29, 1.82) is 0 Å². The number of thiocarbonyl (C=S) groups is 1. The van der Waals surface area contributed by atoms with Gasteiger partial charge < -0.3 is 19.5 Å². The Morgan fingerprint density at radius 2 is 1.90 bits per heavy atom. The van der Waals surface area contributed by atoms with Gasteiger partial charge in [-0.25, -0.2) is 0 Å². The summed E-state index contributed by atoms with van der Waals surface area (Å²) in [4.78, 5) is 0.